The molecule has 200 valence electrons. The summed E-state index contributed by atoms with van der Waals surface area (Å²) in [5, 5.41) is 12.4. The number of H-pyrrole nitrogens is 1. The fraction of sp³-hybridized carbons (Fsp3) is 0.581. The fourth-order valence-corrected chi connectivity index (χ4v) is 7.64. The number of carbonyl (C=O) groups excluding carboxylic acids is 1. The predicted octanol–water partition coefficient (Wildman–Crippen LogP) is 5.68. The van der Waals surface area contributed by atoms with Crippen LogP contribution in [0.25, 0.3) is 5.57 Å². The van der Waals surface area contributed by atoms with E-state index in [0.29, 0.717) is 11.1 Å². The average molecular weight is 513 g/mol. The number of nitrogens with one attached hydrogen (secondary N) is 2. The molecule has 3 fully saturated rings. The summed E-state index contributed by atoms with van der Waals surface area (Å²) >= 11 is 0. The van der Waals surface area contributed by atoms with E-state index in [2.05, 4.69) is 56.4 Å². The SMILES string of the molecule is CN1CCN(C2(c3ccc(C4=CCC5(CCCC5)CC4)c(NC(=O)c4ncc(C#N)[nH]4)c3)CCCC2)CC1. The molecule has 2 aromatic rings. The Morgan fingerprint density at radius 1 is 1.05 bits per heavy atom. The van der Waals surface area contributed by atoms with E-state index in [1.54, 1.807) is 0 Å². The van der Waals surface area contributed by atoms with Crippen molar-refractivity contribution in [1.29, 1.82) is 5.26 Å². The van der Waals surface area contributed by atoms with Crippen molar-refractivity contribution in [3.8, 4) is 6.07 Å². The van der Waals surface area contributed by atoms with Gasteiger partial charge in [0.05, 0.1) is 6.20 Å². The molecule has 0 unspecified atom stereocenters. The molecule has 7 heteroatoms. The number of hydrogen-bond donors (Lipinski definition) is 2. The van der Waals surface area contributed by atoms with E-state index in [-0.39, 0.29) is 17.3 Å². The molecule has 3 aliphatic carbocycles. The van der Waals surface area contributed by atoms with Gasteiger partial charge in [-0.15, -0.1) is 0 Å². The van der Waals surface area contributed by atoms with Gasteiger partial charge < -0.3 is 15.2 Å². The van der Waals surface area contributed by atoms with E-state index >= 15 is 0 Å². The number of amides is 1. The number of likely N-dealkylation sites (N-methyl/N-ethyl adjacent to an activating group) is 1. The number of aromatic amines is 1. The molecule has 0 atom stereocenters. The van der Waals surface area contributed by atoms with Gasteiger partial charge in [0.1, 0.15) is 11.8 Å². The second-order valence-electron chi connectivity index (χ2n) is 12.1. The Morgan fingerprint density at radius 2 is 1.79 bits per heavy atom. The minimum Gasteiger partial charge on any atom is -0.326 e. The molecule has 7 nitrogen and oxygen atoms in total. The fourth-order valence-electron chi connectivity index (χ4n) is 7.64. The highest BCUT2D eigenvalue weighted by Crippen LogP contribution is 2.51. The lowest BCUT2D eigenvalue weighted by molar-refractivity contribution is 0.0405. The number of allylic oxidation sites excluding steroid dienone is 2. The highest BCUT2D eigenvalue weighted by atomic mass is 16.2. The lowest BCUT2D eigenvalue weighted by atomic mass is 9.72. The molecular formula is C31H40N6O. The molecule has 1 saturated heterocycles. The Hall–Kier alpha value is -2.95. The predicted molar refractivity (Wildman–Crippen MR) is 150 cm³/mol. The maximum Gasteiger partial charge on any atom is 0.291 e. The molecule has 6 rings (SSSR count). The molecule has 0 radical (unpaired) electrons. The van der Waals surface area contributed by atoms with E-state index in [1.165, 1.54) is 75.1 Å². The molecule has 1 aromatic carbocycles. The first-order chi connectivity index (χ1) is 18.5. The smallest absolute Gasteiger partial charge is 0.291 e. The van der Waals surface area contributed by atoms with Crippen molar-refractivity contribution in [2.75, 3.05) is 38.5 Å². The molecule has 1 aliphatic heterocycles. The zero-order valence-electron chi connectivity index (χ0n) is 22.7. The number of nitriles is 1. The average Bonchev–Trinajstić information content (AvgIpc) is 3.72. The van der Waals surface area contributed by atoms with Crippen LogP contribution in [-0.2, 0) is 5.54 Å². The molecular weight excluding hydrogens is 472 g/mol. The van der Waals surface area contributed by atoms with Gasteiger partial charge in [-0.3, -0.25) is 9.69 Å². The van der Waals surface area contributed by atoms with Crippen LogP contribution in [-0.4, -0.2) is 58.9 Å². The summed E-state index contributed by atoms with van der Waals surface area (Å²) in [5.41, 5.74) is 5.50. The highest BCUT2D eigenvalue weighted by molar-refractivity contribution is 6.03. The third-order valence-electron chi connectivity index (χ3n) is 9.97. The molecule has 1 aromatic heterocycles. The Kier molecular flexibility index (Phi) is 6.88. The summed E-state index contributed by atoms with van der Waals surface area (Å²) in [4.78, 5) is 25.4. The number of carbonyl (C=O) groups is 1. The zero-order chi connectivity index (χ0) is 26.2. The number of imidazole rings is 1. The van der Waals surface area contributed by atoms with Gasteiger partial charge in [-0.1, -0.05) is 43.9 Å². The normalized spacial score (nSPS) is 23.3. The van der Waals surface area contributed by atoms with E-state index in [9.17, 15) is 10.1 Å². The highest BCUT2D eigenvalue weighted by Gasteiger charge is 2.42. The van der Waals surface area contributed by atoms with E-state index < -0.39 is 0 Å². The number of piperazine rings is 1. The number of anilines is 1. The van der Waals surface area contributed by atoms with Gasteiger partial charge in [0, 0.05) is 43.0 Å². The monoisotopic (exact) mass is 512 g/mol. The molecule has 0 bridgehead atoms. The quantitative estimate of drug-likeness (QED) is 0.538. The third kappa shape index (κ3) is 4.69. The summed E-state index contributed by atoms with van der Waals surface area (Å²) in [6, 6.07) is 8.89. The third-order valence-corrected chi connectivity index (χ3v) is 9.97. The minimum absolute atomic E-state index is 0.0345. The maximum atomic E-state index is 13.3. The number of aromatic nitrogens is 2. The van der Waals surface area contributed by atoms with Crippen LogP contribution in [0.3, 0.4) is 0 Å². The van der Waals surface area contributed by atoms with Crippen molar-refractivity contribution in [2.45, 2.75) is 76.2 Å². The summed E-state index contributed by atoms with van der Waals surface area (Å²) in [6.45, 7) is 4.35. The van der Waals surface area contributed by atoms with Gasteiger partial charge >= 0.3 is 0 Å². The first kappa shape index (κ1) is 25.3. The lowest BCUT2D eigenvalue weighted by Crippen LogP contribution is -2.53. The topological polar surface area (TPSA) is 88.0 Å². The first-order valence-corrected chi connectivity index (χ1v) is 14.5. The number of hydrogen-bond acceptors (Lipinski definition) is 5. The molecule has 38 heavy (non-hydrogen) atoms. The summed E-state index contributed by atoms with van der Waals surface area (Å²) in [7, 11) is 2.21. The Labute approximate surface area is 226 Å². The van der Waals surface area contributed by atoms with Crippen LogP contribution in [0.4, 0.5) is 5.69 Å². The van der Waals surface area contributed by atoms with Crippen molar-refractivity contribution in [2.24, 2.45) is 5.41 Å². The largest absolute Gasteiger partial charge is 0.326 e. The second-order valence-corrected chi connectivity index (χ2v) is 12.1. The Bertz CT molecular complexity index is 1250. The molecule has 2 N–H and O–H groups in total. The van der Waals surface area contributed by atoms with Crippen LogP contribution >= 0.6 is 0 Å². The minimum atomic E-state index is -0.298. The summed E-state index contributed by atoms with van der Waals surface area (Å²) < 4.78 is 0. The van der Waals surface area contributed by atoms with E-state index in [1.807, 2.05) is 6.07 Å². The standard InChI is InChI=1S/C31H40N6O/c1-36-16-18-37(19-17-36)31(12-4-5-13-31)24-6-7-26(23-8-14-30(15-9-23)10-2-3-11-30)27(20-24)35-29(38)28-33-22-25(21-32)34-28/h6-8,20,22H,2-5,9-19H2,1H3,(H,33,34)(H,35,38). The van der Waals surface area contributed by atoms with Crippen molar-refractivity contribution in [3.05, 3.63) is 53.1 Å². The zero-order valence-corrected chi connectivity index (χ0v) is 22.7. The maximum absolute atomic E-state index is 13.3. The first-order valence-electron chi connectivity index (χ1n) is 14.5. The van der Waals surface area contributed by atoms with Crippen molar-refractivity contribution < 1.29 is 4.79 Å². The van der Waals surface area contributed by atoms with Crippen LogP contribution < -0.4 is 5.32 Å². The second kappa shape index (κ2) is 10.3. The van der Waals surface area contributed by atoms with Crippen molar-refractivity contribution >= 4 is 17.2 Å². The molecule has 2 heterocycles. The molecule has 4 aliphatic rings. The lowest BCUT2D eigenvalue weighted by Gasteiger charge is -2.46. The van der Waals surface area contributed by atoms with Gasteiger partial charge in [-0.05, 0) is 74.6 Å². The van der Waals surface area contributed by atoms with Crippen LogP contribution in [0.1, 0.15) is 98.1 Å². The number of rotatable bonds is 5. The summed E-state index contributed by atoms with van der Waals surface area (Å²) in [6.07, 6.45) is 17.6. The molecule has 1 amide bonds. The number of benzene rings is 1. The van der Waals surface area contributed by atoms with Crippen molar-refractivity contribution in [1.82, 2.24) is 19.8 Å². The van der Waals surface area contributed by atoms with Gasteiger partial charge in [0.2, 0.25) is 0 Å². The van der Waals surface area contributed by atoms with Crippen LogP contribution in [0.15, 0.2) is 30.5 Å². The molecule has 2 saturated carbocycles. The Morgan fingerprint density at radius 3 is 2.45 bits per heavy atom. The van der Waals surface area contributed by atoms with E-state index in [4.69, 9.17) is 0 Å². The van der Waals surface area contributed by atoms with E-state index in [0.717, 1.165) is 50.3 Å². The van der Waals surface area contributed by atoms with Crippen LogP contribution in [0.5, 0.6) is 0 Å². The van der Waals surface area contributed by atoms with Gasteiger partial charge in [0.25, 0.3) is 5.91 Å². The summed E-state index contributed by atoms with van der Waals surface area (Å²) in [5.74, 6) is -0.122. The Balaban J connectivity index is 1.35. The van der Waals surface area contributed by atoms with Gasteiger partial charge in [-0.2, -0.15) is 5.26 Å². The van der Waals surface area contributed by atoms with Crippen molar-refractivity contribution in [3.63, 3.8) is 0 Å². The molecule has 1 spiro atoms. The number of nitrogens with zero attached hydrogens (tertiary/aromatic N) is 4. The van der Waals surface area contributed by atoms with Crippen LogP contribution in [0, 0.1) is 16.7 Å². The van der Waals surface area contributed by atoms with Gasteiger partial charge in [-0.25, -0.2) is 4.98 Å². The van der Waals surface area contributed by atoms with Crippen LogP contribution in [0.2, 0.25) is 0 Å². The van der Waals surface area contributed by atoms with Gasteiger partial charge in [0.15, 0.2) is 5.82 Å².